The quantitative estimate of drug-likeness (QED) is 0.845. The molecule has 0 radical (unpaired) electrons. The van der Waals surface area contributed by atoms with Crippen LogP contribution >= 0.6 is 15.9 Å². The van der Waals surface area contributed by atoms with Crippen LogP contribution in [-0.2, 0) is 6.54 Å². The van der Waals surface area contributed by atoms with Crippen molar-refractivity contribution in [2.75, 3.05) is 18.0 Å². The molecule has 1 heterocycles. The van der Waals surface area contributed by atoms with Crippen molar-refractivity contribution in [3.05, 3.63) is 28.2 Å². The zero-order chi connectivity index (χ0) is 14.5. The molecule has 2 nitrogen and oxygen atoms in total. The minimum absolute atomic E-state index is 0.522. The van der Waals surface area contributed by atoms with Gasteiger partial charge < -0.3 is 10.2 Å². The van der Waals surface area contributed by atoms with Gasteiger partial charge in [0.05, 0.1) is 0 Å². The number of hydrogen-bond acceptors (Lipinski definition) is 2. The van der Waals surface area contributed by atoms with Gasteiger partial charge >= 0.3 is 0 Å². The van der Waals surface area contributed by atoms with E-state index < -0.39 is 0 Å². The molecule has 0 bridgehead atoms. The molecule has 1 N–H and O–H groups in total. The van der Waals surface area contributed by atoms with Gasteiger partial charge in [-0.3, -0.25) is 0 Å². The van der Waals surface area contributed by atoms with Gasteiger partial charge in [0, 0.05) is 35.8 Å². The van der Waals surface area contributed by atoms with Gasteiger partial charge in [-0.1, -0.05) is 49.2 Å². The van der Waals surface area contributed by atoms with Gasteiger partial charge in [-0.2, -0.15) is 0 Å². The molecule has 1 unspecified atom stereocenters. The summed E-state index contributed by atoms with van der Waals surface area (Å²) in [4.78, 5) is 2.54. The Hall–Kier alpha value is -0.540. The van der Waals surface area contributed by atoms with E-state index in [4.69, 9.17) is 0 Å². The molecule has 1 aromatic rings. The third kappa shape index (κ3) is 4.23. The molecule has 0 spiro atoms. The van der Waals surface area contributed by atoms with Crippen LogP contribution in [0.2, 0.25) is 0 Å². The Morgan fingerprint density at radius 1 is 1.40 bits per heavy atom. The summed E-state index contributed by atoms with van der Waals surface area (Å²) in [6, 6.07) is 7.34. The Bertz CT molecular complexity index is 431. The lowest BCUT2D eigenvalue weighted by molar-refractivity contribution is 0.404. The smallest absolute Gasteiger partial charge is 0.0377 e. The number of piperidine rings is 1. The molecular weight excluding hydrogens is 312 g/mol. The summed E-state index contributed by atoms with van der Waals surface area (Å²) in [6.07, 6.45) is 4.02. The van der Waals surface area contributed by atoms with E-state index in [2.05, 4.69) is 65.1 Å². The molecule has 1 aliphatic heterocycles. The Balaban J connectivity index is 2.04. The van der Waals surface area contributed by atoms with Gasteiger partial charge in [0.25, 0.3) is 0 Å². The van der Waals surface area contributed by atoms with Crippen molar-refractivity contribution in [1.82, 2.24) is 5.32 Å². The summed E-state index contributed by atoms with van der Waals surface area (Å²) in [5, 5.41) is 3.47. The maximum absolute atomic E-state index is 3.73. The van der Waals surface area contributed by atoms with Crippen molar-refractivity contribution in [3.8, 4) is 0 Å². The van der Waals surface area contributed by atoms with Crippen molar-refractivity contribution in [3.63, 3.8) is 0 Å². The van der Waals surface area contributed by atoms with Crippen molar-refractivity contribution in [1.29, 1.82) is 0 Å². The SMILES string of the molecule is CCC1CCCN(c2ccc(CNC(C)C)c(Br)c2)C1. The Morgan fingerprint density at radius 3 is 2.85 bits per heavy atom. The molecule has 1 aliphatic rings. The van der Waals surface area contributed by atoms with Crippen molar-refractivity contribution in [2.45, 2.75) is 52.6 Å². The fraction of sp³-hybridized carbons (Fsp3) is 0.647. The number of nitrogens with one attached hydrogen (secondary N) is 1. The van der Waals surface area contributed by atoms with Crippen LogP contribution in [-0.4, -0.2) is 19.1 Å². The second kappa shape index (κ2) is 7.46. The van der Waals surface area contributed by atoms with E-state index in [-0.39, 0.29) is 0 Å². The molecule has 1 atom stereocenters. The fourth-order valence-corrected chi connectivity index (χ4v) is 3.33. The third-order valence-corrected chi connectivity index (χ3v) is 4.94. The van der Waals surface area contributed by atoms with Crippen LogP contribution in [0, 0.1) is 5.92 Å². The topological polar surface area (TPSA) is 15.3 Å². The number of benzene rings is 1. The average Bonchev–Trinajstić information content (AvgIpc) is 2.46. The molecular formula is C17H27BrN2. The number of halogens is 1. The summed E-state index contributed by atoms with van der Waals surface area (Å²) >= 11 is 3.73. The lowest BCUT2D eigenvalue weighted by Gasteiger charge is -2.34. The first-order valence-corrected chi connectivity index (χ1v) is 8.66. The second-order valence-electron chi connectivity index (χ2n) is 6.17. The Morgan fingerprint density at radius 2 is 2.20 bits per heavy atom. The van der Waals surface area contributed by atoms with Crippen LogP contribution in [0.15, 0.2) is 22.7 Å². The fourth-order valence-electron chi connectivity index (χ4n) is 2.82. The average molecular weight is 339 g/mol. The number of nitrogens with zero attached hydrogens (tertiary/aromatic N) is 1. The molecule has 0 aromatic heterocycles. The molecule has 112 valence electrons. The predicted molar refractivity (Wildman–Crippen MR) is 91.3 cm³/mol. The first-order chi connectivity index (χ1) is 9.60. The minimum Gasteiger partial charge on any atom is -0.371 e. The molecule has 1 saturated heterocycles. The summed E-state index contributed by atoms with van der Waals surface area (Å²) in [5.41, 5.74) is 2.70. The van der Waals surface area contributed by atoms with Gasteiger partial charge in [0.2, 0.25) is 0 Å². The van der Waals surface area contributed by atoms with Gasteiger partial charge in [-0.05, 0) is 36.5 Å². The highest BCUT2D eigenvalue weighted by atomic mass is 79.9. The first kappa shape index (κ1) is 15.8. The zero-order valence-corrected chi connectivity index (χ0v) is 14.5. The van der Waals surface area contributed by atoms with E-state index >= 15 is 0 Å². The van der Waals surface area contributed by atoms with Gasteiger partial charge in [-0.25, -0.2) is 0 Å². The van der Waals surface area contributed by atoms with Gasteiger partial charge in [0.1, 0.15) is 0 Å². The van der Waals surface area contributed by atoms with Crippen LogP contribution in [0.3, 0.4) is 0 Å². The lowest BCUT2D eigenvalue weighted by atomic mass is 9.95. The highest BCUT2D eigenvalue weighted by Crippen LogP contribution is 2.28. The Kier molecular flexibility index (Phi) is 5.91. The highest BCUT2D eigenvalue weighted by molar-refractivity contribution is 9.10. The number of rotatable bonds is 5. The summed E-state index contributed by atoms with van der Waals surface area (Å²) in [5.74, 6) is 0.866. The maximum atomic E-state index is 3.73. The largest absolute Gasteiger partial charge is 0.371 e. The van der Waals surface area contributed by atoms with E-state index in [1.807, 2.05) is 0 Å². The molecule has 3 heteroatoms. The van der Waals surface area contributed by atoms with Crippen LogP contribution in [0.5, 0.6) is 0 Å². The van der Waals surface area contributed by atoms with E-state index in [0.717, 1.165) is 12.5 Å². The standard InChI is InChI=1S/C17H27BrN2/c1-4-14-6-5-9-20(12-14)16-8-7-15(17(18)10-16)11-19-13(2)3/h7-8,10,13-14,19H,4-6,9,11-12H2,1-3H3. The number of anilines is 1. The van der Waals surface area contributed by atoms with Gasteiger partial charge in [0.15, 0.2) is 0 Å². The summed E-state index contributed by atoms with van der Waals surface area (Å²) in [6.45, 7) is 10.0. The predicted octanol–water partition coefficient (Wildman–Crippen LogP) is 4.57. The van der Waals surface area contributed by atoms with Crippen LogP contribution in [0.25, 0.3) is 0 Å². The molecule has 20 heavy (non-hydrogen) atoms. The number of hydrogen-bond donors (Lipinski definition) is 1. The maximum Gasteiger partial charge on any atom is 0.0377 e. The molecule has 1 fully saturated rings. The monoisotopic (exact) mass is 338 g/mol. The van der Waals surface area contributed by atoms with Crippen molar-refractivity contribution >= 4 is 21.6 Å². The van der Waals surface area contributed by atoms with Crippen LogP contribution < -0.4 is 10.2 Å². The lowest BCUT2D eigenvalue weighted by Crippen LogP contribution is -2.35. The Labute approximate surface area is 132 Å². The van der Waals surface area contributed by atoms with Crippen LogP contribution in [0.1, 0.15) is 45.6 Å². The zero-order valence-electron chi connectivity index (χ0n) is 13.0. The van der Waals surface area contributed by atoms with Gasteiger partial charge in [-0.15, -0.1) is 0 Å². The van der Waals surface area contributed by atoms with Crippen LogP contribution in [0.4, 0.5) is 5.69 Å². The van der Waals surface area contributed by atoms with E-state index in [1.54, 1.807) is 0 Å². The third-order valence-electron chi connectivity index (χ3n) is 4.20. The van der Waals surface area contributed by atoms with E-state index in [0.29, 0.717) is 6.04 Å². The first-order valence-electron chi connectivity index (χ1n) is 7.87. The van der Waals surface area contributed by atoms with E-state index in [1.165, 1.54) is 48.1 Å². The van der Waals surface area contributed by atoms with Crippen molar-refractivity contribution < 1.29 is 0 Å². The molecule has 2 rings (SSSR count). The highest BCUT2D eigenvalue weighted by Gasteiger charge is 2.19. The van der Waals surface area contributed by atoms with Crippen molar-refractivity contribution in [2.24, 2.45) is 5.92 Å². The minimum atomic E-state index is 0.522. The molecule has 1 aromatic carbocycles. The second-order valence-corrected chi connectivity index (χ2v) is 7.03. The summed E-state index contributed by atoms with van der Waals surface area (Å²) < 4.78 is 1.22. The molecule has 0 aliphatic carbocycles. The molecule has 0 saturated carbocycles. The molecule has 0 amide bonds. The van der Waals surface area contributed by atoms with E-state index in [9.17, 15) is 0 Å². The summed E-state index contributed by atoms with van der Waals surface area (Å²) in [7, 11) is 0. The normalized spacial score (nSPS) is 19.6.